The molecular formula is C21H28N4O4. The fraction of sp³-hybridized carbons (Fsp3) is 0.476. The summed E-state index contributed by atoms with van der Waals surface area (Å²) in [6.07, 6.45) is 0.496. The summed E-state index contributed by atoms with van der Waals surface area (Å²) in [7, 11) is 0. The number of aromatic nitrogens is 2. The van der Waals surface area contributed by atoms with Crippen molar-refractivity contribution in [1.82, 2.24) is 15.1 Å². The second kappa shape index (κ2) is 8.55. The number of nitrogens with one attached hydrogen (secondary N) is 2. The molecule has 2 N–H and O–H groups in total. The number of rotatable bonds is 5. The van der Waals surface area contributed by atoms with E-state index in [0.717, 1.165) is 22.6 Å². The van der Waals surface area contributed by atoms with E-state index >= 15 is 0 Å². The maximum Gasteiger partial charge on any atom is 0.410 e. The van der Waals surface area contributed by atoms with Gasteiger partial charge in [-0.25, -0.2) is 4.79 Å². The lowest BCUT2D eigenvalue weighted by molar-refractivity contribution is -0.115. The molecule has 1 aliphatic rings. The van der Waals surface area contributed by atoms with Crippen LogP contribution in [0.15, 0.2) is 24.3 Å². The van der Waals surface area contributed by atoms with Crippen molar-refractivity contribution in [2.24, 2.45) is 0 Å². The van der Waals surface area contributed by atoms with Crippen molar-refractivity contribution < 1.29 is 19.1 Å². The molecule has 0 saturated heterocycles. The highest BCUT2D eigenvalue weighted by molar-refractivity contribution is 5.92. The van der Waals surface area contributed by atoms with Gasteiger partial charge in [0.25, 0.3) is 0 Å². The first-order valence-electron chi connectivity index (χ1n) is 9.81. The van der Waals surface area contributed by atoms with Gasteiger partial charge < -0.3 is 19.7 Å². The quantitative estimate of drug-likeness (QED) is 0.803. The van der Waals surface area contributed by atoms with E-state index in [9.17, 15) is 9.59 Å². The number of ether oxygens (including phenoxy) is 2. The highest BCUT2D eigenvalue weighted by atomic mass is 16.6. The zero-order valence-electron chi connectivity index (χ0n) is 17.4. The Morgan fingerprint density at radius 2 is 1.97 bits per heavy atom. The summed E-state index contributed by atoms with van der Waals surface area (Å²) < 4.78 is 10.9. The molecule has 2 heterocycles. The molecule has 1 aliphatic heterocycles. The van der Waals surface area contributed by atoms with Gasteiger partial charge in [0.1, 0.15) is 11.4 Å². The molecule has 0 atom stereocenters. The molecule has 2 amide bonds. The van der Waals surface area contributed by atoms with Gasteiger partial charge in [-0.3, -0.25) is 9.89 Å². The van der Waals surface area contributed by atoms with Gasteiger partial charge >= 0.3 is 6.09 Å². The first kappa shape index (κ1) is 20.7. The number of carbonyl (C=O) groups excluding carboxylic acids is 2. The summed E-state index contributed by atoms with van der Waals surface area (Å²) in [5.74, 6) is 1.07. The van der Waals surface area contributed by atoms with Crippen LogP contribution in [0, 0.1) is 0 Å². The average molecular weight is 400 g/mol. The Labute approximate surface area is 170 Å². The Hall–Kier alpha value is -3.03. The van der Waals surface area contributed by atoms with Gasteiger partial charge in [-0.05, 0) is 45.4 Å². The van der Waals surface area contributed by atoms with Gasteiger partial charge in [0.15, 0.2) is 5.82 Å². The molecule has 0 aliphatic carbocycles. The van der Waals surface area contributed by atoms with E-state index in [2.05, 4.69) is 15.5 Å². The number of amides is 2. The molecule has 1 aromatic carbocycles. The minimum absolute atomic E-state index is 0.169. The third-order valence-corrected chi connectivity index (χ3v) is 4.44. The van der Waals surface area contributed by atoms with Crippen molar-refractivity contribution in [1.29, 1.82) is 0 Å². The number of benzene rings is 1. The fourth-order valence-corrected chi connectivity index (χ4v) is 3.11. The largest absolute Gasteiger partial charge is 0.494 e. The number of H-pyrrole nitrogens is 1. The average Bonchev–Trinajstić information content (AvgIpc) is 3.04. The standard InChI is InChI=1S/C21H28N4O4/c1-5-28-15-8-6-14(7-9-15)12-18(26)22-19-16-13-25(11-10-17(16)23-24-19)20(27)29-21(2,3)4/h6-9H,5,10-13H2,1-4H3,(H2,22,23,24,26). The first-order valence-corrected chi connectivity index (χ1v) is 9.81. The van der Waals surface area contributed by atoms with Crippen molar-refractivity contribution >= 4 is 17.8 Å². The van der Waals surface area contributed by atoms with Crippen molar-refractivity contribution in [3.05, 3.63) is 41.1 Å². The molecule has 0 spiro atoms. The Balaban J connectivity index is 1.62. The summed E-state index contributed by atoms with van der Waals surface area (Å²) in [6, 6.07) is 7.44. The molecule has 8 nitrogen and oxygen atoms in total. The van der Waals surface area contributed by atoms with E-state index in [1.807, 2.05) is 52.0 Å². The summed E-state index contributed by atoms with van der Waals surface area (Å²) in [6.45, 7) is 8.93. The van der Waals surface area contributed by atoms with Gasteiger partial charge in [-0.1, -0.05) is 12.1 Å². The molecule has 8 heteroatoms. The van der Waals surface area contributed by atoms with Crippen LogP contribution < -0.4 is 10.1 Å². The van der Waals surface area contributed by atoms with E-state index < -0.39 is 5.60 Å². The first-order chi connectivity index (χ1) is 13.7. The summed E-state index contributed by atoms with van der Waals surface area (Å²) >= 11 is 0. The molecule has 156 valence electrons. The maximum atomic E-state index is 12.5. The lowest BCUT2D eigenvalue weighted by atomic mass is 10.1. The minimum atomic E-state index is -0.553. The van der Waals surface area contributed by atoms with Crippen molar-refractivity contribution in [3.8, 4) is 5.75 Å². The normalized spacial score (nSPS) is 13.6. The lowest BCUT2D eigenvalue weighted by Gasteiger charge is -2.30. The molecule has 0 saturated carbocycles. The van der Waals surface area contributed by atoms with Crippen LogP contribution in [0.5, 0.6) is 5.75 Å². The number of nitrogens with zero attached hydrogens (tertiary/aromatic N) is 2. The molecule has 0 fully saturated rings. The predicted molar refractivity (Wildman–Crippen MR) is 109 cm³/mol. The Morgan fingerprint density at radius 3 is 2.62 bits per heavy atom. The van der Waals surface area contributed by atoms with Gasteiger partial charge in [0.05, 0.1) is 19.6 Å². The van der Waals surface area contributed by atoms with Crippen LogP contribution in [0.3, 0.4) is 0 Å². The second-order valence-corrected chi connectivity index (χ2v) is 7.98. The number of carbonyl (C=O) groups is 2. The number of fused-ring (bicyclic) bond motifs is 1. The zero-order chi connectivity index (χ0) is 21.0. The molecule has 2 aromatic rings. The van der Waals surface area contributed by atoms with Crippen LogP contribution in [-0.2, 0) is 28.9 Å². The van der Waals surface area contributed by atoms with Crippen molar-refractivity contribution in [2.45, 2.75) is 52.7 Å². The summed E-state index contributed by atoms with van der Waals surface area (Å²) in [5, 5.41) is 10.0. The van der Waals surface area contributed by atoms with Gasteiger partial charge in [-0.2, -0.15) is 5.10 Å². The Morgan fingerprint density at radius 1 is 1.24 bits per heavy atom. The van der Waals surface area contributed by atoms with E-state index in [4.69, 9.17) is 9.47 Å². The van der Waals surface area contributed by atoms with Crippen LogP contribution in [0.1, 0.15) is 44.5 Å². The van der Waals surface area contributed by atoms with Crippen molar-refractivity contribution in [2.75, 3.05) is 18.5 Å². The third-order valence-electron chi connectivity index (χ3n) is 4.44. The number of anilines is 1. The van der Waals surface area contributed by atoms with Gasteiger partial charge in [-0.15, -0.1) is 0 Å². The van der Waals surface area contributed by atoms with Crippen LogP contribution in [0.4, 0.5) is 10.6 Å². The number of hydrogen-bond donors (Lipinski definition) is 2. The molecule has 3 rings (SSSR count). The predicted octanol–water partition coefficient (Wildman–Crippen LogP) is 3.28. The number of aromatic amines is 1. The van der Waals surface area contributed by atoms with Crippen LogP contribution >= 0.6 is 0 Å². The Bertz CT molecular complexity index is 868. The second-order valence-electron chi connectivity index (χ2n) is 7.98. The molecule has 29 heavy (non-hydrogen) atoms. The molecule has 1 aromatic heterocycles. The van der Waals surface area contributed by atoms with E-state index in [1.54, 1.807) is 4.90 Å². The molecule has 0 unspecified atom stereocenters. The maximum absolute atomic E-state index is 12.5. The van der Waals surface area contributed by atoms with Gasteiger partial charge in [0, 0.05) is 24.2 Å². The Kier molecular flexibility index (Phi) is 6.10. The smallest absolute Gasteiger partial charge is 0.410 e. The van der Waals surface area contributed by atoms with Crippen LogP contribution in [0.25, 0.3) is 0 Å². The van der Waals surface area contributed by atoms with E-state index in [1.165, 1.54) is 0 Å². The summed E-state index contributed by atoms with van der Waals surface area (Å²) in [4.78, 5) is 26.5. The highest BCUT2D eigenvalue weighted by Gasteiger charge is 2.29. The van der Waals surface area contributed by atoms with E-state index in [0.29, 0.717) is 31.9 Å². The number of hydrogen-bond acceptors (Lipinski definition) is 5. The van der Waals surface area contributed by atoms with Gasteiger partial charge in [0.2, 0.25) is 5.91 Å². The lowest BCUT2D eigenvalue weighted by Crippen LogP contribution is -2.40. The molecular weight excluding hydrogens is 372 g/mol. The fourth-order valence-electron chi connectivity index (χ4n) is 3.11. The highest BCUT2D eigenvalue weighted by Crippen LogP contribution is 2.25. The summed E-state index contributed by atoms with van der Waals surface area (Å²) in [5.41, 5.74) is 2.08. The SMILES string of the molecule is CCOc1ccc(CC(=O)Nc2n[nH]c3c2CN(C(=O)OC(C)(C)C)CC3)cc1. The molecule has 0 radical (unpaired) electrons. The molecule has 0 bridgehead atoms. The van der Waals surface area contributed by atoms with Crippen LogP contribution in [-0.4, -0.2) is 45.9 Å². The monoisotopic (exact) mass is 400 g/mol. The third kappa shape index (κ3) is 5.49. The zero-order valence-corrected chi connectivity index (χ0v) is 17.4. The van der Waals surface area contributed by atoms with E-state index in [-0.39, 0.29) is 18.4 Å². The minimum Gasteiger partial charge on any atom is -0.494 e. The van der Waals surface area contributed by atoms with Crippen molar-refractivity contribution in [3.63, 3.8) is 0 Å². The topological polar surface area (TPSA) is 96.5 Å². The van der Waals surface area contributed by atoms with Crippen LogP contribution in [0.2, 0.25) is 0 Å².